The number of amides is 1. The Balaban J connectivity index is 2.06. The number of nitrogens with one attached hydrogen (secondary N) is 1. The van der Waals surface area contributed by atoms with Gasteiger partial charge in [-0.2, -0.15) is 0 Å². The minimum atomic E-state index is -1.72. The van der Waals surface area contributed by atoms with Crippen molar-refractivity contribution in [1.29, 1.82) is 0 Å². The summed E-state index contributed by atoms with van der Waals surface area (Å²) in [5.41, 5.74) is 5.19. The van der Waals surface area contributed by atoms with Crippen LogP contribution in [0.3, 0.4) is 0 Å². The number of esters is 1. The van der Waals surface area contributed by atoms with Crippen molar-refractivity contribution < 1.29 is 27.5 Å². The summed E-state index contributed by atoms with van der Waals surface area (Å²) in [4.78, 5) is 23.9. The fourth-order valence-electron chi connectivity index (χ4n) is 1.81. The van der Waals surface area contributed by atoms with Gasteiger partial charge in [0, 0.05) is 0 Å². The Hall–Kier alpha value is -2.74. The summed E-state index contributed by atoms with van der Waals surface area (Å²) < 4.78 is 44.4. The van der Waals surface area contributed by atoms with Gasteiger partial charge in [-0.3, -0.25) is 4.79 Å². The maximum absolute atomic E-state index is 13.5. The molecule has 2 rings (SSSR count). The van der Waals surface area contributed by atoms with E-state index in [1.807, 2.05) is 5.32 Å². The molecule has 0 bridgehead atoms. The van der Waals surface area contributed by atoms with Crippen LogP contribution in [0.1, 0.15) is 17.3 Å². The van der Waals surface area contributed by atoms with E-state index in [1.165, 1.54) is 25.1 Å². The molecule has 1 unspecified atom stereocenters. The van der Waals surface area contributed by atoms with Gasteiger partial charge in [0.15, 0.2) is 23.6 Å². The molecule has 132 valence electrons. The molecule has 3 N–H and O–H groups in total. The van der Waals surface area contributed by atoms with Crippen molar-refractivity contribution in [2.75, 3.05) is 11.1 Å². The molecule has 2 aromatic rings. The Kier molecular flexibility index (Phi) is 5.53. The molecule has 0 aliphatic heterocycles. The molecule has 0 heterocycles. The lowest BCUT2D eigenvalue weighted by molar-refractivity contribution is -0.123. The molecule has 0 aliphatic carbocycles. The largest absolute Gasteiger partial charge is 0.449 e. The third-order valence-corrected chi connectivity index (χ3v) is 3.52. The smallest absolute Gasteiger partial charge is 0.338 e. The Labute approximate surface area is 145 Å². The van der Waals surface area contributed by atoms with Gasteiger partial charge in [-0.1, -0.05) is 11.6 Å². The van der Waals surface area contributed by atoms with Gasteiger partial charge >= 0.3 is 5.97 Å². The first-order valence-corrected chi connectivity index (χ1v) is 7.29. The Morgan fingerprint density at radius 1 is 1.16 bits per heavy atom. The summed E-state index contributed by atoms with van der Waals surface area (Å²) >= 11 is 5.74. The van der Waals surface area contributed by atoms with Crippen LogP contribution in [0.4, 0.5) is 24.5 Å². The molecule has 5 nitrogen and oxygen atoms in total. The van der Waals surface area contributed by atoms with Crippen LogP contribution >= 0.6 is 11.6 Å². The molecular formula is C16H12ClF3N2O3. The number of carbonyl (C=O) groups is 2. The van der Waals surface area contributed by atoms with E-state index in [9.17, 15) is 22.8 Å². The monoisotopic (exact) mass is 372 g/mol. The first kappa shape index (κ1) is 18.6. The van der Waals surface area contributed by atoms with Crippen LogP contribution in [0.5, 0.6) is 0 Å². The van der Waals surface area contributed by atoms with E-state index in [0.29, 0.717) is 6.07 Å². The molecule has 9 heteroatoms. The number of carbonyl (C=O) groups excluding carboxylic acids is 2. The minimum Gasteiger partial charge on any atom is -0.449 e. The van der Waals surface area contributed by atoms with Crippen molar-refractivity contribution in [2.24, 2.45) is 0 Å². The highest BCUT2D eigenvalue weighted by Crippen LogP contribution is 2.21. The minimum absolute atomic E-state index is 0.0561. The first-order chi connectivity index (χ1) is 11.7. The van der Waals surface area contributed by atoms with E-state index in [2.05, 4.69) is 0 Å². The fraction of sp³-hybridized carbons (Fsp3) is 0.125. The molecule has 0 aromatic heterocycles. The zero-order chi connectivity index (χ0) is 18.7. The highest BCUT2D eigenvalue weighted by Gasteiger charge is 2.22. The van der Waals surface area contributed by atoms with Crippen molar-refractivity contribution >= 4 is 34.9 Å². The second-order valence-electron chi connectivity index (χ2n) is 5.00. The standard InChI is InChI=1S/C16H12ClF3N2O3/c1-7(25-16(24)8-2-3-9(17)11(21)6-8)15(23)22-12-5-4-10(18)13(19)14(12)20/h2-7H,21H2,1H3,(H,22,23). The predicted octanol–water partition coefficient (Wildman–Crippen LogP) is 3.52. The number of nitrogen functional groups attached to an aromatic ring is 1. The third kappa shape index (κ3) is 4.21. The zero-order valence-electron chi connectivity index (χ0n) is 12.8. The van der Waals surface area contributed by atoms with Crippen molar-refractivity contribution in [1.82, 2.24) is 0 Å². The SMILES string of the molecule is CC(OC(=O)c1ccc(Cl)c(N)c1)C(=O)Nc1ccc(F)c(F)c1F. The molecule has 0 spiro atoms. The summed E-state index contributed by atoms with van der Waals surface area (Å²) in [5, 5.41) is 2.26. The zero-order valence-corrected chi connectivity index (χ0v) is 13.5. The number of halogens is 4. The highest BCUT2D eigenvalue weighted by molar-refractivity contribution is 6.33. The average molecular weight is 373 g/mol. The number of anilines is 2. The van der Waals surface area contributed by atoms with E-state index in [0.717, 1.165) is 6.07 Å². The Morgan fingerprint density at radius 2 is 1.84 bits per heavy atom. The van der Waals surface area contributed by atoms with E-state index < -0.39 is 41.1 Å². The number of rotatable bonds is 4. The summed E-state index contributed by atoms with van der Waals surface area (Å²) in [6.45, 7) is 1.23. The van der Waals surface area contributed by atoms with Crippen LogP contribution in [-0.2, 0) is 9.53 Å². The summed E-state index contributed by atoms with van der Waals surface area (Å²) in [6.07, 6.45) is -1.34. The normalized spacial score (nSPS) is 11.7. The third-order valence-electron chi connectivity index (χ3n) is 3.18. The highest BCUT2D eigenvalue weighted by atomic mass is 35.5. The molecule has 0 radical (unpaired) electrons. The van der Waals surface area contributed by atoms with Gasteiger partial charge in [-0.15, -0.1) is 0 Å². The van der Waals surface area contributed by atoms with Crippen LogP contribution in [0, 0.1) is 17.5 Å². The van der Waals surface area contributed by atoms with E-state index in [-0.39, 0.29) is 16.3 Å². The van der Waals surface area contributed by atoms with Crippen LogP contribution in [0.25, 0.3) is 0 Å². The second-order valence-corrected chi connectivity index (χ2v) is 5.40. The van der Waals surface area contributed by atoms with Crippen molar-refractivity contribution in [2.45, 2.75) is 13.0 Å². The molecule has 1 atom stereocenters. The number of hydrogen-bond donors (Lipinski definition) is 2. The van der Waals surface area contributed by atoms with Crippen LogP contribution < -0.4 is 11.1 Å². The molecule has 2 aromatic carbocycles. The lowest BCUT2D eigenvalue weighted by Gasteiger charge is -2.14. The molecule has 0 fully saturated rings. The van der Waals surface area contributed by atoms with Crippen molar-refractivity contribution in [3.8, 4) is 0 Å². The summed E-state index contributed by atoms with van der Waals surface area (Å²) in [6, 6.07) is 5.50. The number of nitrogens with two attached hydrogens (primary N) is 1. The van der Waals surface area contributed by atoms with Crippen molar-refractivity contribution in [3.05, 3.63) is 58.4 Å². The van der Waals surface area contributed by atoms with Gasteiger partial charge in [0.1, 0.15) is 0 Å². The number of ether oxygens (including phenoxy) is 1. The lowest BCUT2D eigenvalue weighted by atomic mass is 10.2. The van der Waals surface area contributed by atoms with Gasteiger partial charge in [0.25, 0.3) is 5.91 Å². The van der Waals surface area contributed by atoms with Gasteiger partial charge in [0.05, 0.1) is 22.0 Å². The topological polar surface area (TPSA) is 81.4 Å². The molecule has 25 heavy (non-hydrogen) atoms. The quantitative estimate of drug-likeness (QED) is 0.489. The van der Waals surface area contributed by atoms with Gasteiger partial charge in [0.2, 0.25) is 0 Å². The maximum Gasteiger partial charge on any atom is 0.338 e. The fourth-order valence-corrected chi connectivity index (χ4v) is 1.93. The van der Waals surface area contributed by atoms with Gasteiger partial charge in [-0.05, 0) is 37.3 Å². The molecule has 1 amide bonds. The summed E-state index contributed by atoms with van der Waals surface area (Å²) in [7, 11) is 0. The average Bonchev–Trinajstić information content (AvgIpc) is 2.57. The maximum atomic E-state index is 13.5. The molecule has 0 saturated heterocycles. The predicted molar refractivity (Wildman–Crippen MR) is 85.7 cm³/mol. The molecule has 0 aliphatic rings. The van der Waals surface area contributed by atoms with Crippen LogP contribution in [0.2, 0.25) is 5.02 Å². The van der Waals surface area contributed by atoms with Gasteiger partial charge in [-0.25, -0.2) is 18.0 Å². The Bertz CT molecular complexity index is 846. The molecule has 0 saturated carbocycles. The molecular weight excluding hydrogens is 361 g/mol. The Morgan fingerprint density at radius 3 is 2.48 bits per heavy atom. The van der Waals surface area contributed by atoms with Crippen LogP contribution in [-0.4, -0.2) is 18.0 Å². The van der Waals surface area contributed by atoms with E-state index >= 15 is 0 Å². The number of benzene rings is 2. The number of hydrogen-bond acceptors (Lipinski definition) is 4. The van der Waals surface area contributed by atoms with Crippen molar-refractivity contribution in [3.63, 3.8) is 0 Å². The van der Waals surface area contributed by atoms with E-state index in [4.69, 9.17) is 22.1 Å². The van der Waals surface area contributed by atoms with E-state index in [1.54, 1.807) is 0 Å². The lowest BCUT2D eigenvalue weighted by Crippen LogP contribution is -2.30. The summed E-state index contributed by atoms with van der Waals surface area (Å²) in [5.74, 6) is -6.47. The first-order valence-electron chi connectivity index (χ1n) is 6.91. The van der Waals surface area contributed by atoms with Gasteiger partial charge < -0.3 is 15.8 Å². The van der Waals surface area contributed by atoms with Crippen LogP contribution in [0.15, 0.2) is 30.3 Å². The second kappa shape index (κ2) is 7.43.